The number of nitro benzene ring substituents is 1. The van der Waals surface area contributed by atoms with Gasteiger partial charge in [0.1, 0.15) is 6.29 Å². The molecule has 0 atom stereocenters. The fourth-order valence-corrected chi connectivity index (χ4v) is 1.20. The van der Waals surface area contributed by atoms with Crippen LogP contribution in [0.5, 0.6) is 0 Å². The van der Waals surface area contributed by atoms with Crippen LogP contribution in [0.15, 0.2) is 24.3 Å². The maximum absolute atomic E-state index is 10.5. The van der Waals surface area contributed by atoms with Gasteiger partial charge in [-0.05, 0) is 11.6 Å². The van der Waals surface area contributed by atoms with Crippen molar-refractivity contribution in [3.05, 3.63) is 45.0 Å². The van der Waals surface area contributed by atoms with Crippen molar-refractivity contribution < 1.29 is 9.72 Å². The van der Waals surface area contributed by atoms with E-state index in [0.717, 1.165) is 6.29 Å². The molecular formula is C10H8ClNO3. The number of hydrogen-bond donors (Lipinski definition) is 0. The Labute approximate surface area is 91.3 Å². The lowest BCUT2D eigenvalue weighted by Gasteiger charge is -1.97. The molecule has 0 saturated heterocycles. The first-order valence-corrected chi connectivity index (χ1v) is 4.57. The second kappa shape index (κ2) is 5.26. The highest BCUT2D eigenvalue weighted by Gasteiger charge is 2.07. The van der Waals surface area contributed by atoms with Crippen molar-refractivity contribution in [1.29, 1.82) is 0 Å². The topological polar surface area (TPSA) is 60.2 Å². The van der Waals surface area contributed by atoms with Crippen molar-refractivity contribution in [3.63, 3.8) is 0 Å². The zero-order chi connectivity index (χ0) is 11.3. The monoisotopic (exact) mass is 225 g/mol. The van der Waals surface area contributed by atoms with Crippen molar-refractivity contribution in [3.8, 4) is 0 Å². The highest BCUT2D eigenvalue weighted by atomic mass is 35.5. The van der Waals surface area contributed by atoms with E-state index in [4.69, 9.17) is 11.6 Å². The average Bonchev–Trinajstić information content (AvgIpc) is 2.20. The minimum atomic E-state index is -0.493. The lowest BCUT2D eigenvalue weighted by molar-refractivity contribution is -0.384. The summed E-state index contributed by atoms with van der Waals surface area (Å²) in [6.07, 6.45) is 4.18. The lowest BCUT2D eigenvalue weighted by atomic mass is 10.2. The van der Waals surface area contributed by atoms with Crippen LogP contribution >= 0.6 is 11.6 Å². The standard InChI is InChI=1S/C10H8ClNO3/c11-10-5-4-9(12(14)15)7-8(10)3-1-2-6-13/h1,3-7H,2H2. The maximum atomic E-state index is 10.5. The van der Waals surface area contributed by atoms with E-state index in [1.165, 1.54) is 18.2 Å². The van der Waals surface area contributed by atoms with E-state index in [1.807, 2.05) is 0 Å². The molecule has 0 saturated carbocycles. The number of rotatable bonds is 4. The summed E-state index contributed by atoms with van der Waals surface area (Å²) in [7, 11) is 0. The molecule has 0 N–H and O–H groups in total. The first kappa shape index (κ1) is 11.4. The molecule has 0 bridgehead atoms. The molecule has 0 heterocycles. The SMILES string of the molecule is O=CCC=Cc1cc([N+](=O)[O-])ccc1Cl. The van der Waals surface area contributed by atoms with Gasteiger partial charge in [-0.2, -0.15) is 0 Å². The minimum absolute atomic E-state index is 0.0230. The number of non-ortho nitro benzene ring substituents is 1. The predicted molar refractivity (Wildman–Crippen MR) is 57.8 cm³/mol. The van der Waals surface area contributed by atoms with Crippen LogP contribution in [0.25, 0.3) is 6.08 Å². The highest BCUT2D eigenvalue weighted by molar-refractivity contribution is 6.32. The summed E-state index contributed by atoms with van der Waals surface area (Å²) in [5.74, 6) is 0. The molecule has 0 radical (unpaired) electrons. The van der Waals surface area contributed by atoms with Gasteiger partial charge in [0.2, 0.25) is 0 Å². The Kier molecular flexibility index (Phi) is 4.00. The van der Waals surface area contributed by atoms with Crippen molar-refractivity contribution in [2.24, 2.45) is 0 Å². The van der Waals surface area contributed by atoms with Gasteiger partial charge in [0, 0.05) is 23.6 Å². The highest BCUT2D eigenvalue weighted by Crippen LogP contribution is 2.23. The van der Waals surface area contributed by atoms with E-state index >= 15 is 0 Å². The van der Waals surface area contributed by atoms with Gasteiger partial charge in [0.15, 0.2) is 0 Å². The zero-order valence-electron chi connectivity index (χ0n) is 7.72. The summed E-state index contributed by atoms with van der Waals surface area (Å²) in [6, 6.07) is 4.16. The first-order chi connectivity index (χ1) is 7.15. The number of allylic oxidation sites excluding steroid dienone is 1. The number of carbonyl (C=O) groups excluding carboxylic acids is 1. The predicted octanol–water partition coefficient (Wildman–Crippen LogP) is 2.85. The molecule has 0 unspecified atom stereocenters. The quantitative estimate of drug-likeness (QED) is 0.450. The van der Waals surface area contributed by atoms with Gasteiger partial charge in [0.25, 0.3) is 5.69 Å². The summed E-state index contributed by atoms with van der Waals surface area (Å²) in [4.78, 5) is 20.0. The second-order valence-electron chi connectivity index (χ2n) is 2.77. The van der Waals surface area contributed by atoms with E-state index in [2.05, 4.69) is 0 Å². The summed E-state index contributed by atoms with van der Waals surface area (Å²) >= 11 is 5.82. The Morgan fingerprint density at radius 1 is 1.47 bits per heavy atom. The number of hydrogen-bond acceptors (Lipinski definition) is 3. The van der Waals surface area contributed by atoms with Crippen LogP contribution in [0.3, 0.4) is 0 Å². The fraction of sp³-hybridized carbons (Fsp3) is 0.100. The zero-order valence-corrected chi connectivity index (χ0v) is 8.48. The largest absolute Gasteiger partial charge is 0.303 e. The summed E-state index contributed by atoms with van der Waals surface area (Å²) in [6.45, 7) is 0. The molecule has 0 aliphatic rings. The molecular weight excluding hydrogens is 218 g/mol. The molecule has 0 aliphatic carbocycles. The van der Waals surface area contributed by atoms with Crippen molar-refractivity contribution in [2.75, 3.05) is 0 Å². The Morgan fingerprint density at radius 3 is 2.80 bits per heavy atom. The molecule has 0 fully saturated rings. The van der Waals surface area contributed by atoms with E-state index in [0.29, 0.717) is 10.6 Å². The van der Waals surface area contributed by atoms with Gasteiger partial charge < -0.3 is 4.79 Å². The number of benzene rings is 1. The van der Waals surface area contributed by atoms with E-state index in [1.54, 1.807) is 12.2 Å². The Hall–Kier alpha value is -1.68. The lowest BCUT2D eigenvalue weighted by Crippen LogP contribution is -1.88. The van der Waals surface area contributed by atoms with Gasteiger partial charge in [-0.25, -0.2) is 0 Å². The van der Waals surface area contributed by atoms with Crippen LogP contribution in [0, 0.1) is 10.1 Å². The number of halogens is 1. The van der Waals surface area contributed by atoms with Crippen LogP contribution in [-0.2, 0) is 4.79 Å². The Bertz CT molecular complexity index is 415. The maximum Gasteiger partial charge on any atom is 0.270 e. The van der Waals surface area contributed by atoms with Gasteiger partial charge >= 0.3 is 0 Å². The van der Waals surface area contributed by atoms with Gasteiger partial charge in [0.05, 0.1) is 4.92 Å². The summed E-state index contributed by atoms with van der Waals surface area (Å²) in [5, 5.41) is 10.9. The number of aldehydes is 1. The van der Waals surface area contributed by atoms with E-state index in [-0.39, 0.29) is 12.1 Å². The fourth-order valence-electron chi connectivity index (χ4n) is 1.02. The van der Waals surface area contributed by atoms with Gasteiger partial charge in [-0.1, -0.05) is 23.8 Å². The van der Waals surface area contributed by atoms with Gasteiger partial charge in [-0.3, -0.25) is 10.1 Å². The molecule has 5 heteroatoms. The van der Waals surface area contributed by atoms with E-state index < -0.39 is 4.92 Å². The minimum Gasteiger partial charge on any atom is -0.303 e. The smallest absolute Gasteiger partial charge is 0.270 e. The van der Waals surface area contributed by atoms with Gasteiger partial charge in [-0.15, -0.1) is 0 Å². The van der Waals surface area contributed by atoms with Crippen LogP contribution in [0.2, 0.25) is 5.02 Å². The third-order valence-electron chi connectivity index (χ3n) is 1.72. The third kappa shape index (κ3) is 3.18. The number of nitrogens with zero attached hydrogens (tertiary/aromatic N) is 1. The number of carbonyl (C=O) groups is 1. The van der Waals surface area contributed by atoms with Crippen molar-refractivity contribution >= 4 is 29.7 Å². The molecule has 4 nitrogen and oxygen atoms in total. The van der Waals surface area contributed by atoms with Crippen LogP contribution in [0.4, 0.5) is 5.69 Å². The third-order valence-corrected chi connectivity index (χ3v) is 2.06. The van der Waals surface area contributed by atoms with Crippen LogP contribution in [-0.4, -0.2) is 11.2 Å². The second-order valence-corrected chi connectivity index (χ2v) is 3.17. The van der Waals surface area contributed by atoms with Crippen LogP contribution in [0.1, 0.15) is 12.0 Å². The molecule has 78 valence electrons. The van der Waals surface area contributed by atoms with Crippen LogP contribution < -0.4 is 0 Å². The molecule has 1 aromatic rings. The molecule has 0 aromatic heterocycles. The summed E-state index contributed by atoms with van der Waals surface area (Å²) < 4.78 is 0. The van der Waals surface area contributed by atoms with Crippen molar-refractivity contribution in [1.82, 2.24) is 0 Å². The molecule has 0 spiro atoms. The summed E-state index contributed by atoms with van der Waals surface area (Å²) in [5.41, 5.74) is 0.512. The average molecular weight is 226 g/mol. The molecule has 0 aliphatic heterocycles. The Morgan fingerprint density at radius 2 is 2.20 bits per heavy atom. The van der Waals surface area contributed by atoms with Crippen molar-refractivity contribution in [2.45, 2.75) is 6.42 Å². The first-order valence-electron chi connectivity index (χ1n) is 4.19. The molecule has 15 heavy (non-hydrogen) atoms. The molecule has 1 rings (SSSR count). The molecule has 1 aromatic carbocycles. The number of nitro groups is 1. The Balaban J connectivity index is 3.00. The normalized spacial score (nSPS) is 10.5. The molecule has 0 amide bonds. The van der Waals surface area contributed by atoms with E-state index in [9.17, 15) is 14.9 Å².